The Bertz CT molecular complexity index is 405. The van der Waals surface area contributed by atoms with Gasteiger partial charge >= 0.3 is 0 Å². The molecular formula is C11H16N2O2S. The Kier molecular flexibility index (Phi) is 4.61. The molecule has 1 heterocycles. The minimum Gasteiger partial charge on any atom is -0.275 e. The molecule has 0 saturated heterocycles. The van der Waals surface area contributed by atoms with E-state index >= 15 is 0 Å². The quantitative estimate of drug-likeness (QED) is 0.863. The highest BCUT2D eigenvalue weighted by Gasteiger charge is 2.10. The molecule has 0 radical (unpaired) electrons. The molecule has 1 aromatic heterocycles. The fourth-order valence-electron chi connectivity index (χ4n) is 1.08. The van der Waals surface area contributed by atoms with Crippen LogP contribution in [0, 0.1) is 12.8 Å². The highest BCUT2D eigenvalue weighted by Crippen LogP contribution is 2.01. The Morgan fingerprint density at radius 1 is 1.50 bits per heavy atom. The fraction of sp³-hybridized carbons (Fsp3) is 0.455. The van der Waals surface area contributed by atoms with Crippen molar-refractivity contribution in [2.45, 2.75) is 26.5 Å². The molecular weight excluding hydrogens is 224 g/mol. The Morgan fingerprint density at radius 2 is 2.19 bits per heavy atom. The fourth-order valence-corrected chi connectivity index (χ4v) is 2.04. The van der Waals surface area contributed by atoms with Crippen molar-refractivity contribution in [3.05, 3.63) is 29.6 Å². The van der Waals surface area contributed by atoms with E-state index in [1.807, 2.05) is 19.1 Å². The van der Waals surface area contributed by atoms with E-state index in [1.54, 1.807) is 19.9 Å². The van der Waals surface area contributed by atoms with Gasteiger partial charge in [-0.1, -0.05) is 19.9 Å². The van der Waals surface area contributed by atoms with Gasteiger partial charge in [0.15, 0.2) is 0 Å². The van der Waals surface area contributed by atoms with Gasteiger partial charge in [-0.05, 0) is 19.1 Å². The minimum absolute atomic E-state index is 0.158. The van der Waals surface area contributed by atoms with Crippen molar-refractivity contribution in [1.82, 2.24) is 9.71 Å². The Hall–Kier alpha value is -1.23. The molecule has 0 aliphatic carbocycles. The lowest BCUT2D eigenvalue weighted by atomic mass is 10.2. The molecule has 0 aliphatic rings. The first kappa shape index (κ1) is 12.8. The second kappa shape index (κ2) is 5.75. The monoisotopic (exact) mass is 240 g/mol. The van der Waals surface area contributed by atoms with E-state index in [1.165, 1.54) is 0 Å². The van der Waals surface area contributed by atoms with Gasteiger partial charge in [0.05, 0.1) is 11.4 Å². The average Bonchev–Trinajstić information content (AvgIpc) is 2.16. The number of carbonyl (C=O) groups is 1. The second-order valence-corrected chi connectivity index (χ2v) is 5.07. The van der Waals surface area contributed by atoms with E-state index < -0.39 is 11.0 Å². The van der Waals surface area contributed by atoms with Crippen LogP contribution in [0.3, 0.4) is 0 Å². The molecule has 4 nitrogen and oxygen atoms in total. The van der Waals surface area contributed by atoms with Gasteiger partial charge in [0.25, 0.3) is 0 Å². The molecule has 1 aromatic rings. The molecule has 0 aromatic carbocycles. The third-order valence-corrected chi connectivity index (χ3v) is 2.95. The number of hydrogen-bond acceptors (Lipinski definition) is 3. The Balaban J connectivity index is 2.55. The predicted octanol–water partition coefficient (Wildman–Crippen LogP) is 1.33. The van der Waals surface area contributed by atoms with E-state index in [4.69, 9.17) is 0 Å². The van der Waals surface area contributed by atoms with Crippen molar-refractivity contribution in [3.8, 4) is 0 Å². The van der Waals surface area contributed by atoms with Crippen molar-refractivity contribution in [1.29, 1.82) is 0 Å². The standard InChI is InChI=1S/C11H16N2O2S/c1-8(2)11(14)13-16(15)7-10-6-4-5-9(3)12-10/h4-6,8H,7H2,1-3H3,(H,13,14). The minimum atomic E-state index is -1.39. The molecule has 1 unspecified atom stereocenters. The van der Waals surface area contributed by atoms with Gasteiger partial charge in [0, 0.05) is 11.6 Å². The van der Waals surface area contributed by atoms with Crippen LogP contribution >= 0.6 is 0 Å². The third-order valence-electron chi connectivity index (χ3n) is 1.96. The molecule has 1 rings (SSSR count). The van der Waals surface area contributed by atoms with Crippen molar-refractivity contribution in [3.63, 3.8) is 0 Å². The number of aromatic nitrogens is 1. The molecule has 16 heavy (non-hydrogen) atoms. The first-order valence-corrected chi connectivity index (χ1v) is 6.42. The van der Waals surface area contributed by atoms with Gasteiger partial charge in [-0.15, -0.1) is 0 Å². The van der Waals surface area contributed by atoms with Crippen molar-refractivity contribution >= 4 is 16.9 Å². The maximum atomic E-state index is 11.6. The third kappa shape index (κ3) is 4.10. The summed E-state index contributed by atoms with van der Waals surface area (Å²) in [4.78, 5) is 15.5. The summed E-state index contributed by atoms with van der Waals surface area (Å²) in [6, 6.07) is 5.53. The summed E-state index contributed by atoms with van der Waals surface area (Å²) in [7, 11) is -1.39. The number of pyridine rings is 1. The van der Waals surface area contributed by atoms with E-state index in [-0.39, 0.29) is 17.6 Å². The lowest BCUT2D eigenvalue weighted by Crippen LogP contribution is -2.30. The van der Waals surface area contributed by atoms with Gasteiger partial charge < -0.3 is 0 Å². The lowest BCUT2D eigenvalue weighted by molar-refractivity contribution is -0.122. The van der Waals surface area contributed by atoms with Gasteiger partial charge in [-0.3, -0.25) is 14.5 Å². The van der Waals surface area contributed by atoms with E-state index in [0.29, 0.717) is 0 Å². The van der Waals surface area contributed by atoms with Gasteiger partial charge in [0.2, 0.25) is 5.91 Å². The van der Waals surface area contributed by atoms with Crippen molar-refractivity contribution in [2.75, 3.05) is 0 Å². The molecule has 88 valence electrons. The lowest BCUT2D eigenvalue weighted by Gasteiger charge is -2.07. The molecule has 5 heteroatoms. The molecule has 1 atom stereocenters. The maximum Gasteiger partial charge on any atom is 0.234 e. The van der Waals surface area contributed by atoms with E-state index in [9.17, 15) is 9.00 Å². The molecule has 0 bridgehead atoms. The van der Waals surface area contributed by atoms with Gasteiger partial charge in [0.1, 0.15) is 11.0 Å². The zero-order chi connectivity index (χ0) is 12.1. The molecule has 0 aliphatic heterocycles. The number of nitrogens with one attached hydrogen (secondary N) is 1. The van der Waals surface area contributed by atoms with Crippen LogP contribution in [0.2, 0.25) is 0 Å². The molecule has 0 saturated carbocycles. The van der Waals surface area contributed by atoms with Crippen molar-refractivity contribution < 1.29 is 9.00 Å². The number of carbonyl (C=O) groups excluding carboxylic acids is 1. The van der Waals surface area contributed by atoms with Crippen LogP contribution < -0.4 is 4.72 Å². The zero-order valence-electron chi connectivity index (χ0n) is 9.69. The van der Waals surface area contributed by atoms with Gasteiger partial charge in [-0.2, -0.15) is 0 Å². The van der Waals surface area contributed by atoms with Crippen LogP contribution in [-0.2, 0) is 21.5 Å². The summed E-state index contributed by atoms with van der Waals surface area (Å²) in [6.07, 6.45) is 0. The Labute approximate surface area is 98.1 Å². The van der Waals surface area contributed by atoms with Crippen LogP contribution in [0.1, 0.15) is 25.2 Å². The topological polar surface area (TPSA) is 59.1 Å². The molecule has 1 amide bonds. The first-order valence-electron chi connectivity index (χ1n) is 5.10. The molecule has 1 N–H and O–H groups in total. The predicted molar refractivity (Wildman–Crippen MR) is 63.8 cm³/mol. The highest BCUT2D eigenvalue weighted by molar-refractivity contribution is 7.82. The highest BCUT2D eigenvalue weighted by atomic mass is 32.2. The first-order chi connectivity index (χ1) is 7.49. The number of rotatable bonds is 4. The van der Waals surface area contributed by atoms with Crippen LogP contribution in [-0.4, -0.2) is 15.1 Å². The van der Waals surface area contributed by atoms with E-state index in [0.717, 1.165) is 11.4 Å². The van der Waals surface area contributed by atoms with Crippen LogP contribution in [0.4, 0.5) is 0 Å². The number of aryl methyl sites for hydroxylation is 1. The SMILES string of the molecule is Cc1cccc(CS(=O)NC(=O)C(C)C)n1. The zero-order valence-corrected chi connectivity index (χ0v) is 10.5. The molecule has 0 fully saturated rings. The second-order valence-electron chi connectivity index (χ2n) is 3.88. The summed E-state index contributed by atoms with van der Waals surface area (Å²) < 4.78 is 14.0. The van der Waals surface area contributed by atoms with Crippen LogP contribution in [0.15, 0.2) is 18.2 Å². The summed E-state index contributed by atoms with van der Waals surface area (Å²) in [6.45, 7) is 5.40. The maximum absolute atomic E-state index is 11.6. The largest absolute Gasteiger partial charge is 0.275 e. The van der Waals surface area contributed by atoms with Gasteiger partial charge in [-0.25, -0.2) is 4.21 Å². The summed E-state index contributed by atoms with van der Waals surface area (Å²) >= 11 is 0. The summed E-state index contributed by atoms with van der Waals surface area (Å²) in [5.41, 5.74) is 1.60. The molecule has 0 spiro atoms. The van der Waals surface area contributed by atoms with Crippen LogP contribution in [0.25, 0.3) is 0 Å². The number of hydrogen-bond donors (Lipinski definition) is 1. The number of nitrogens with zero attached hydrogens (tertiary/aromatic N) is 1. The number of amides is 1. The normalized spacial score (nSPS) is 12.5. The van der Waals surface area contributed by atoms with Crippen molar-refractivity contribution in [2.24, 2.45) is 5.92 Å². The summed E-state index contributed by atoms with van der Waals surface area (Å²) in [5, 5.41) is 0. The smallest absolute Gasteiger partial charge is 0.234 e. The van der Waals surface area contributed by atoms with Crippen LogP contribution in [0.5, 0.6) is 0 Å². The average molecular weight is 240 g/mol. The summed E-state index contributed by atoms with van der Waals surface area (Å²) in [5.74, 6) is -0.111. The van der Waals surface area contributed by atoms with E-state index in [2.05, 4.69) is 9.71 Å². The Morgan fingerprint density at radius 3 is 2.75 bits per heavy atom.